The lowest BCUT2D eigenvalue weighted by atomic mass is 10.1. The van der Waals surface area contributed by atoms with Crippen molar-refractivity contribution in [1.82, 2.24) is 9.21 Å². The molecule has 2 aromatic rings. The monoisotopic (exact) mass is 364 g/mol. The molecular weight excluding hydrogens is 343 g/mol. The van der Waals surface area contributed by atoms with Crippen molar-refractivity contribution >= 4 is 10.4 Å². The summed E-state index contributed by atoms with van der Waals surface area (Å²) in [4.78, 5) is 2.29. The number of halogens is 1. The molecule has 5 nitrogen and oxygen atoms in total. The van der Waals surface area contributed by atoms with Crippen LogP contribution in [-0.2, 0) is 27.7 Å². The zero-order valence-corrected chi connectivity index (χ0v) is 15.1. The molecule has 1 aliphatic heterocycles. The van der Waals surface area contributed by atoms with Crippen molar-refractivity contribution in [3.8, 4) is 5.75 Å². The minimum Gasteiger partial charge on any atom is -0.593 e. The molecule has 0 aromatic heterocycles. The first kappa shape index (κ1) is 18.0. The first-order chi connectivity index (χ1) is 11.9. The van der Waals surface area contributed by atoms with Crippen LogP contribution in [0.15, 0.2) is 47.4 Å². The van der Waals surface area contributed by atoms with E-state index in [4.69, 9.17) is 4.74 Å². The summed E-state index contributed by atoms with van der Waals surface area (Å²) in [6, 6.07) is 11.6. The minimum absolute atomic E-state index is 0.207. The second-order valence-corrected chi connectivity index (χ2v) is 8.36. The SMILES string of the molecule is CN(C)[S+](=O)([O-])c1ccc2c(c1)OCCN(Cc1ccccc1F)C2. The predicted molar refractivity (Wildman–Crippen MR) is 93.2 cm³/mol. The molecule has 0 fully saturated rings. The predicted octanol–water partition coefficient (Wildman–Crippen LogP) is 2.69. The van der Waals surface area contributed by atoms with Crippen LogP contribution >= 0.6 is 0 Å². The summed E-state index contributed by atoms with van der Waals surface area (Å²) in [6.45, 7) is 2.12. The maximum atomic E-state index is 13.9. The molecule has 3 rings (SSSR count). The number of ether oxygens (including phenoxy) is 1. The van der Waals surface area contributed by atoms with E-state index in [1.165, 1.54) is 24.5 Å². The summed E-state index contributed by atoms with van der Waals surface area (Å²) in [5, 5.41) is 0. The van der Waals surface area contributed by atoms with Gasteiger partial charge < -0.3 is 9.29 Å². The van der Waals surface area contributed by atoms with Crippen LogP contribution in [0.25, 0.3) is 0 Å². The Morgan fingerprint density at radius 1 is 1.28 bits per heavy atom. The summed E-state index contributed by atoms with van der Waals surface area (Å²) >= 11 is 0. The van der Waals surface area contributed by atoms with Crippen molar-refractivity contribution in [3.63, 3.8) is 0 Å². The van der Waals surface area contributed by atoms with Gasteiger partial charge in [0.2, 0.25) is 0 Å². The van der Waals surface area contributed by atoms with Gasteiger partial charge in [-0.15, -0.1) is 4.31 Å². The van der Waals surface area contributed by atoms with Gasteiger partial charge in [0.25, 0.3) is 0 Å². The van der Waals surface area contributed by atoms with Crippen molar-refractivity contribution in [3.05, 3.63) is 59.4 Å². The van der Waals surface area contributed by atoms with E-state index in [0.717, 1.165) is 5.56 Å². The Labute approximate surface area is 148 Å². The van der Waals surface area contributed by atoms with E-state index in [0.29, 0.717) is 37.6 Å². The van der Waals surface area contributed by atoms with Crippen LogP contribution in [0.5, 0.6) is 5.75 Å². The van der Waals surface area contributed by atoms with E-state index in [9.17, 15) is 13.2 Å². The van der Waals surface area contributed by atoms with Gasteiger partial charge >= 0.3 is 0 Å². The van der Waals surface area contributed by atoms with Gasteiger partial charge in [0.05, 0.1) is 0 Å². The van der Waals surface area contributed by atoms with E-state index in [2.05, 4.69) is 4.90 Å². The van der Waals surface area contributed by atoms with E-state index < -0.39 is 10.4 Å². The third-order valence-corrected chi connectivity index (χ3v) is 6.04. The fraction of sp³-hybridized carbons (Fsp3) is 0.333. The van der Waals surface area contributed by atoms with Gasteiger partial charge in [-0.3, -0.25) is 4.90 Å². The molecule has 2 aromatic carbocycles. The van der Waals surface area contributed by atoms with Gasteiger partial charge in [-0.25, -0.2) is 4.39 Å². The van der Waals surface area contributed by atoms with Crippen molar-refractivity contribution < 1.29 is 17.9 Å². The third-order valence-electron chi connectivity index (χ3n) is 4.23. The van der Waals surface area contributed by atoms with Crippen molar-refractivity contribution in [2.75, 3.05) is 27.2 Å². The quantitative estimate of drug-likeness (QED) is 0.783. The molecule has 0 spiro atoms. The average Bonchev–Trinajstić information content (AvgIpc) is 2.77. The van der Waals surface area contributed by atoms with Crippen LogP contribution in [0, 0.1) is 5.82 Å². The highest BCUT2D eigenvalue weighted by Crippen LogP contribution is 2.29. The number of rotatable bonds is 4. The molecule has 1 aliphatic rings. The highest BCUT2D eigenvalue weighted by Gasteiger charge is 2.26. The minimum atomic E-state index is -3.50. The second kappa shape index (κ2) is 7.21. The van der Waals surface area contributed by atoms with Gasteiger partial charge in [-0.2, -0.15) is 0 Å². The van der Waals surface area contributed by atoms with Crippen LogP contribution in [-0.4, -0.2) is 41.0 Å². The molecule has 0 saturated carbocycles. The number of hydrogen-bond donors (Lipinski definition) is 0. The van der Waals surface area contributed by atoms with E-state index in [1.54, 1.807) is 30.3 Å². The largest absolute Gasteiger partial charge is 0.593 e. The van der Waals surface area contributed by atoms with Gasteiger partial charge in [0.15, 0.2) is 15.3 Å². The molecular formula is C18H21FN2O3S. The van der Waals surface area contributed by atoms with Crippen LogP contribution in [0.4, 0.5) is 4.39 Å². The molecule has 0 amide bonds. The van der Waals surface area contributed by atoms with Gasteiger partial charge in [0, 0.05) is 50.9 Å². The smallest absolute Gasteiger partial charge is 0.179 e. The summed E-state index contributed by atoms with van der Waals surface area (Å²) in [5.41, 5.74) is 1.53. The average molecular weight is 364 g/mol. The second-order valence-electron chi connectivity index (χ2n) is 6.21. The Bertz CT molecular complexity index is 813. The van der Waals surface area contributed by atoms with Crippen molar-refractivity contribution in [1.29, 1.82) is 0 Å². The summed E-state index contributed by atoms with van der Waals surface area (Å²) in [5.74, 6) is 0.347. The molecule has 0 bridgehead atoms. The first-order valence-corrected chi connectivity index (χ1v) is 9.46. The lowest BCUT2D eigenvalue weighted by Gasteiger charge is -2.21. The molecule has 0 radical (unpaired) electrons. The van der Waals surface area contributed by atoms with E-state index >= 15 is 0 Å². The topological polar surface area (TPSA) is 55.8 Å². The van der Waals surface area contributed by atoms with Crippen molar-refractivity contribution in [2.45, 2.75) is 18.0 Å². The van der Waals surface area contributed by atoms with E-state index in [-0.39, 0.29) is 10.7 Å². The van der Waals surface area contributed by atoms with Crippen LogP contribution < -0.4 is 4.74 Å². The fourth-order valence-corrected chi connectivity index (χ4v) is 3.70. The molecule has 25 heavy (non-hydrogen) atoms. The maximum absolute atomic E-state index is 13.9. The molecule has 0 N–H and O–H groups in total. The van der Waals surface area contributed by atoms with Gasteiger partial charge in [-0.05, 0) is 18.2 Å². The molecule has 1 atom stereocenters. The number of benzene rings is 2. The highest BCUT2D eigenvalue weighted by molar-refractivity contribution is 7.95. The summed E-state index contributed by atoms with van der Waals surface area (Å²) in [6.07, 6.45) is 0. The third kappa shape index (κ3) is 3.90. The van der Waals surface area contributed by atoms with Crippen LogP contribution in [0.3, 0.4) is 0 Å². The summed E-state index contributed by atoms with van der Waals surface area (Å²) < 4.78 is 45.3. The Kier molecular flexibility index (Phi) is 5.19. The standard InChI is InChI=1S/C18H21FN2O3S/c1-20(2)25(22,23)16-8-7-15-13-21(9-10-24-18(15)11-16)12-14-5-3-4-6-17(14)19/h3-8,11H,9-10,12-13H2,1-2H3. The Balaban J connectivity index is 1.82. The van der Waals surface area contributed by atoms with Gasteiger partial charge in [0.1, 0.15) is 18.2 Å². The highest BCUT2D eigenvalue weighted by atomic mass is 32.3. The first-order valence-electron chi connectivity index (χ1n) is 8.02. The van der Waals surface area contributed by atoms with Crippen LogP contribution in [0.1, 0.15) is 11.1 Å². The number of hydrogen-bond acceptors (Lipinski definition) is 4. The molecule has 134 valence electrons. The number of sulfonamides is 1. The van der Waals surface area contributed by atoms with E-state index in [1.807, 2.05) is 6.07 Å². The Morgan fingerprint density at radius 2 is 2.04 bits per heavy atom. The van der Waals surface area contributed by atoms with Crippen LogP contribution in [0.2, 0.25) is 0 Å². The number of nitrogens with zero attached hydrogens (tertiary/aromatic N) is 2. The zero-order valence-electron chi connectivity index (χ0n) is 14.3. The normalized spacial score (nSPS) is 17.5. The molecule has 0 saturated heterocycles. The Hall–Kier alpha value is -1.80. The maximum Gasteiger partial charge on any atom is 0.179 e. The lowest BCUT2D eigenvalue weighted by molar-refractivity contribution is 0.217. The van der Waals surface area contributed by atoms with Gasteiger partial charge in [-0.1, -0.05) is 22.4 Å². The van der Waals surface area contributed by atoms with Crippen molar-refractivity contribution in [2.24, 2.45) is 0 Å². The fourth-order valence-electron chi connectivity index (χ4n) is 2.78. The lowest BCUT2D eigenvalue weighted by Crippen LogP contribution is -2.29. The zero-order chi connectivity index (χ0) is 18.0. The number of fused-ring (bicyclic) bond motifs is 1. The molecule has 1 unspecified atom stereocenters. The molecule has 7 heteroatoms. The summed E-state index contributed by atoms with van der Waals surface area (Å²) in [7, 11) is -0.504. The Morgan fingerprint density at radius 3 is 2.76 bits per heavy atom. The molecule has 1 heterocycles. The molecule has 0 aliphatic carbocycles.